The maximum Gasteiger partial charge on any atom is 0.337 e. The molecule has 0 atom stereocenters. The van der Waals surface area contributed by atoms with Gasteiger partial charge in [-0.15, -0.1) is 0 Å². The zero-order valence-electron chi connectivity index (χ0n) is 14.8. The molecule has 6 nitrogen and oxygen atoms in total. The third kappa shape index (κ3) is 4.43. The summed E-state index contributed by atoms with van der Waals surface area (Å²) in [5.41, 5.74) is 1.82. The molecule has 2 aromatic rings. The zero-order valence-corrected chi connectivity index (χ0v) is 16.4. The van der Waals surface area contributed by atoms with Crippen LogP contribution in [0.2, 0.25) is 5.02 Å². The number of aromatic carboxylic acids is 1. The Hall–Kier alpha value is -2.51. The molecule has 0 unspecified atom stereocenters. The van der Waals surface area contributed by atoms with Crippen LogP contribution in [0.3, 0.4) is 0 Å². The van der Waals surface area contributed by atoms with E-state index in [1.54, 1.807) is 19.2 Å². The van der Waals surface area contributed by atoms with Crippen LogP contribution in [0.5, 0.6) is 5.75 Å². The van der Waals surface area contributed by atoms with Gasteiger partial charge in [0.25, 0.3) is 0 Å². The first kappa shape index (κ1) is 19.3. The molecule has 1 fully saturated rings. The second-order valence-corrected chi connectivity index (χ2v) is 6.87. The second-order valence-electron chi connectivity index (χ2n) is 6.08. The van der Waals surface area contributed by atoms with Gasteiger partial charge in [0.1, 0.15) is 5.75 Å². The van der Waals surface area contributed by atoms with Gasteiger partial charge in [0.15, 0.2) is 5.11 Å². The molecule has 0 saturated carbocycles. The highest BCUT2D eigenvalue weighted by atomic mass is 35.5. The number of para-hydroxylation sites is 2. The molecular weight excluding hydrogens is 386 g/mol. The van der Waals surface area contributed by atoms with Crippen molar-refractivity contribution >= 4 is 46.3 Å². The van der Waals surface area contributed by atoms with E-state index in [-0.39, 0.29) is 10.6 Å². The second kappa shape index (κ2) is 8.45. The first-order valence-corrected chi connectivity index (χ1v) is 9.25. The Morgan fingerprint density at radius 3 is 2.52 bits per heavy atom. The molecule has 8 heteroatoms. The van der Waals surface area contributed by atoms with Crippen LogP contribution in [0.4, 0.5) is 11.4 Å². The Kier molecular flexibility index (Phi) is 6.03. The largest absolute Gasteiger partial charge is 0.495 e. The van der Waals surface area contributed by atoms with E-state index in [4.69, 9.17) is 33.7 Å². The number of hydrogen-bond donors (Lipinski definition) is 2. The molecule has 0 amide bonds. The molecule has 142 valence electrons. The molecule has 0 bridgehead atoms. The van der Waals surface area contributed by atoms with Gasteiger partial charge in [-0.3, -0.25) is 0 Å². The molecule has 2 N–H and O–H groups in total. The first-order valence-electron chi connectivity index (χ1n) is 8.46. The number of hydrogen-bond acceptors (Lipinski definition) is 4. The van der Waals surface area contributed by atoms with Gasteiger partial charge in [0.2, 0.25) is 0 Å². The Morgan fingerprint density at radius 1 is 1.19 bits per heavy atom. The maximum absolute atomic E-state index is 11.0. The van der Waals surface area contributed by atoms with E-state index >= 15 is 0 Å². The Balaban J connectivity index is 1.60. The number of piperazine rings is 1. The van der Waals surface area contributed by atoms with Crippen LogP contribution >= 0.6 is 23.8 Å². The van der Waals surface area contributed by atoms with Crippen molar-refractivity contribution in [1.29, 1.82) is 0 Å². The number of thiocarbonyl (C=S) groups is 1. The van der Waals surface area contributed by atoms with Gasteiger partial charge in [-0.25, -0.2) is 4.79 Å². The van der Waals surface area contributed by atoms with Crippen LogP contribution in [0.25, 0.3) is 0 Å². The molecule has 0 radical (unpaired) electrons. The summed E-state index contributed by atoms with van der Waals surface area (Å²) in [6, 6.07) is 12.7. The summed E-state index contributed by atoms with van der Waals surface area (Å²) < 4.78 is 5.44. The fourth-order valence-electron chi connectivity index (χ4n) is 3.01. The summed E-state index contributed by atoms with van der Waals surface area (Å²) in [4.78, 5) is 15.4. The predicted molar refractivity (Wildman–Crippen MR) is 111 cm³/mol. The van der Waals surface area contributed by atoms with E-state index in [9.17, 15) is 4.79 Å². The van der Waals surface area contributed by atoms with Crippen molar-refractivity contribution in [3.8, 4) is 5.75 Å². The van der Waals surface area contributed by atoms with Gasteiger partial charge < -0.3 is 25.0 Å². The van der Waals surface area contributed by atoms with Crippen LogP contribution in [0.15, 0.2) is 42.5 Å². The molecule has 0 spiro atoms. The number of anilines is 2. The number of carboxylic acids is 1. The van der Waals surface area contributed by atoms with Crippen LogP contribution in [0.1, 0.15) is 10.4 Å². The number of carboxylic acid groups (broad SMARTS) is 1. The van der Waals surface area contributed by atoms with E-state index in [2.05, 4.69) is 21.2 Å². The first-order chi connectivity index (χ1) is 13.0. The molecular formula is C19H20ClN3O3S. The number of halogens is 1. The number of rotatable bonds is 4. The van der Waals surface area contributed by atoms with Crippen molar-refractivity contribution in [3.63, 3.8) is 0 Å². The van der Waals surface area contributed by atoms with Crippen LogP contribution in [-0.4, -0.2) is 54.4 Å². The lowest BCUT2D eigenvalue weighted by molar-refractivity contribution is 0.0697. The van der Waals surface area contributed by atoms with Crippen molar-refractivity contribution in [3.05, 3.63) is 53.1 Å². The highest BCUT2D eigenvalue weighted by Gasteiger charge is 2.21. The standard InChI is InChI=1S/C19H20ClN3O3S/c1-26-17-5-3-2-4-16(17)22-8-10-23(11-9-22)19(27)21-13-6-7-14(18(24)25)15(20)12-13/h2-7,12H,8-11H2,1H3,(H,21,27)(H,24,25). The molecule has 0 aliphatic carbocycles. The van der Waals surface area contributed by atoms with Crippen molar-refractivity contribution in [2.24, 2.45) is 0 Å². The van der Waals surface area contributed by atoms with E-state index < -0.39 is 5.97 Å². The van der Waals surface area contributed by atoms with Gasteiger partial charge in [0.05, 0.1) is 23.4 Å². The number of ether oxygens (including phenoxy) is 1. The molecule has 1 saturated heterocycles. The van der Waals surface area contributed by atoms with Crippen LogP contribution in [0, 0.1) is 0 Å². The Labute approximate surface area is 168 Å². The molecule has 1 aliphatic heterocycles. The predicted octanol–water partition coefficient (Wildman–Crippen LogP) is 3.57. The van der Waals surface area contributed by atoms with E-state index in [0.29, 0.717) is 10.8 Å². The smallest absolute Gasteiger partial charge is 0.337 e. The lowest BCUT2D eigenvalue weighted by Crippen LogP contribution is -2.50. The minimum Gasteiger partial charge on any atom is -0.495 e. The monoisotopic (exact) mass is 405 g/mol. The zero-order chi connectivity index (χ0) is 19.4. The summed E-state index contributed by atoms with van der Waals surface area (Å²) in [5.74, 6) is -0.193. The highest BCUT2D eigenvalue weighted by Crippen LogP contribution is 2.28. The summed E-state index contributed by atoms with van der Waals surface area (Å²) >= 11 is 11.5. The van der Waals surface area contributed by atoms with Gasteiger partial charge >= 0.3 is 5.97 Å². The van der Waals surface area contributed by atoms with E-state index in [0.717, 1.165) is 37.6 Å². The third-order valence-corrected chi connectivity index (χ3v) is 5.12. The fourth-order valence-corrected chi connectivity index (χ4v) is 3.57. The summed E-state index contributed by atoms with van der Waals surface area (Å²) in [7, 11) is 1.68. The van der Waals surface area contributed by atoms with Gasteiger partial charge in [-0.1, -0.05) is 23.7 Å². The minimum atomic E-state index is -1.05. The van der Waals surface area contributed by atoms with Gasteiger partial charge in [-0.2, -0.15) is 0 Å². The lowest BCUT2D eigenvalue weighted by Gasteiger charge is -2.37. The molecule has 1 heterocycles. The number of methoxy groups -OCH3 is 1. The summed E-state index contributed by atoms with van der Waals surface area (Å²) in [6.07, 6.45) is 0. The van der Waals surface area contributed by atoms with Crippen molar-refractivity contribution in [1.82, 2.24) is 4.90 Å². The number of benzene rings is 2. The van der Waals surface area contributed by atoms with E-state index in [1.165, 1.54) is 6.07 Å². The van der Waals surface area contributed by atoms with Crippen molar-refractivity contribution in [2.45, 2.75) is 0 Å². The third-order valence-electron chi connectivity index (χ3n) is 4.44. The molecule has 2 aromatic carbocycles. The fraction of sp³-hybridized carbons (Fsp3) is 0.263. The maximum atomic E-state index is 11.0. The summed E-state index contributed by atoms with van der Waals surface area (Å²) in [6.45, 7) is 3.18. The Morgan fingerprint density at radius 2 is 1.89 bits per heavy atom. The lowest BCUT2D eigenvalue weighted by atomic mass is 10.2. The average molecular weight is 406 g/mol. The van der Waals surface area contributed by atoms with Crippen LogP contribution < -0.4 is 15.0 Å². The van der Waals surface area contributed by atoms with Crippen molar-refractivity contribution in [2.75, 3.05) is 43.5 Å². The SMILES string of the molecule is COc1ccccc1N1CCN(C(=S)Nc2ccc(C(=O)O)c(Cl)c2)CC1. The minimum absolute atomic E-state index is 0.0681. The van der Waals surface area contributed by atoms with Crippen LogP contribution in [-0.2, 0) is 0 Å². The highest BCUT2D eigenvalue weighted by molar-refractivity contribution is 7.80. The topological polar surface area (TPSA) is 65.0 Å². The van der Waals surface area contributed by atoms with E-state index in [1.807, 2.05) is 18.2 Å². The number of nitrogens with zero attached hydrogens (tertiary/aromatic N) is 2. The Bertz CT molecular complexity index is 854. The normalized spacial score (nSPS) is 14.0. The van der Waals surface area contributed by atoms with Gasteiger partial charge in [-0.05, 0) is 42.5 Å². The molecule has 3 rings (SSSR count). The molecule has 27 heavy (non-hydrogen) atoms. The van der Waals surface area contributed by atoms with Crippen molar-refractivity contribution < 1.29 is 14.6 Å². The quantitative estimate of drug-likeness (QED) is 0.754. The average Bonchev–Trinajstić information content (AvgIpc) is 2.68. The number of nitrogens with one attached hydrogen (secondary N) is 1. The summed E-state index contributed by atoms with van der Waals surface area (Å²) in [5, 5.41) is 12.9. The molecule has 0 aromatic heterocycles. The molecule has 1 aliphatic rings. The van der Waals surface area contributed by atoms with Gasteiger partial charge in [0, 0.05) is 31.9 Å². The number of carbonyl (C=O) groups is 1.